The van der Waals surface area contributed by atoms with Gasteiger partial charge in [0.15, 0.2) is 6.10 Å². The van der Waals surface area contributed by atoms with Crippen LogP contribution in [0.15, 0.2) is 28.7 Å². The molecule has 2 aromatic rings. The van der Waals surface area contributed by atoms with E-state index in [4.69, 9.17) is 20.8 Å². The molecule has 0 aliphatic carbocycles. The molecule has 0 saturated carbocycles. The minimum Gasteiger partial charge on any atom is -0.481 e. The quantitative estimate of drug-likeness (QED) is 0.883. The smallest absolute Gasteiger partial charge is 0.256 e. The van der Waals surface area contributed by atoms with Gasteiger partial charge in [-0.25, -0.2) is 0 Å². The van der Waals surface area contributed by atoms with E-state index in [-0.39, 0.29) is 12.1 Å². The summed E-state index contributed by atoms with van der Waals surface area (Å²) in [5, 5.41) is 11.9. The zero-order chi connectivity index (χ0) is 14.5. The predicted molar refractivity (Wildman–Crippen MR) is 76.9 cm³/mol. The number of aromatic nitrogens is 2. The molecule has 6 heteroatoms. The average molecular weight is 296 g/mol. The third-order valence-electron chi connectivity index (χ3n) is 2.79. The molecule has 1 heterocycles. The number of benzene rings is 1. The van der Waals surface area contributed by atoms with Crippen LogP contribution in [0, 0.1) is 0 Å². The maximum absolute atomic E-state index is 5.92. The molecule has 2 rings (SSSR count). The SMILES string of the molecule is CCNC(C)c1nnc(C(C)Oc2cccc(Cl)c2)o1. The molecule has 1 aromatic carbocycles. The fourth-order valence-electron chi connectivity index (χ4n) is 1.77. The normalized spacial score (nSPS) is 14.0. The third-order valence-corrected chi connectivity index (χ3v) is 3.03. The second-order valence-corrected chi connectivity index (χ2v) is 4.91. The summed E-state index contributed by atoms with van der Waals surface area (Å²) in [6.45, 7) is 6.70. The molecule has 20 heavy (non-hydrogen) atoms. The van der Waals surface area contributed by atoms with Crippen molar-refractivity contribution in [2.24, 2.45) is 0 Å². The van der Waals surface area contributed by atoms with Crippen LogP contribution in [-0.2, 0) is 0 Å². The second kappa shape index (κ2) is 6.72. The number of hydrogen-bond donors (Lipinski definition) is 1. The molecule has 5 nitrogen and oxygen atoms in total. The van der Waals surface area contributed by atoms with Crippen molar-refractivity contribution in [2.45, 2.75) is 32.9 Å². The lowest BCUT2D eigenvalue weighted by Gasteiger charge is -2.11. The van der Waals surface area contributed by atoms with Gasteiger partial charge in [-0.1, -0.05) is 24.6 Å². The van der Waals surface area contributed by atoms with E-state index in [1.165, 1.54) is 0 Å². The summed E-state index contributed by atoms with van der Waals surface area (Å²) >= 11 is 5.92. The number of ether oxygens (including phenoxy) is 1. The van der Waals surface area contributed by atoms with Crippen molar-refractivity contribution in [2.75, 3.05) is 6.54 Å². The molecule has 0 aliphatic heterocycles. The van der Waals surface area contributed by atoms with E-state index in [0.717, 1.165) is 6.54 Å². The lowest BCUT2D eigenvalue weighted by atomic mass is 10.3. The second-order valence-electron chi connectivity index (χ2n) is 4.48. The van der Waals surface area contributed by atoms with Crippen LogP contribution in [0.5, 0.6) is 5.75 Å². The molecule has 0 fully saturated rings. The number of halogens is 1. The van der Waals surface area contributed by atoms with Gasteiger partial charge in [-0.3, -0.25) is 0 Å². The van der Waals surface area contributed by atoms with E-state index in [1.807, 2.05) is 32.9 Å². The fraction of sp³-hybridized carbons (Fsp3) is 0.429. The monoisotopic (exact) mass is 295 g/mol. The third kappa shape index (κ3) is 3.71. The molecule has 0 aliphatic rings. The van der Waals surface area contributed by atoms with E-state index >= 15 is 0 Å². The Morgan fingerprint density at radius 1 is 1.30 bits per heavy atom. The van der Waals surface area contributed by atoms with Gasteiger partial charge in [0.25, 0.3) is 5.89 Å². The summed E-state index contributed by atoms with van der Waals surface area (Å²) in [7, 11) is 0. The van der Waals surface area contributed by atoms with Crippen LogP contribution in [0.25, 0.3) is 0 Å². The molecule has 0 spiro atoms. The molecule has 0 saturated heterocycles. The van der Waals surface area contributed by atoms with Crippen LogP contribution in [0.4, 0.5) is 0 Å². The topological polar surface area (TPSA) is 60.2 Å². The first-order valence-corrected chi connectivity index (χ1v) is 6.96. The minimum absolute atomic E-state index is 0.0274. The molecular weight excluding hydrogens is 278 g/mol. The maximum atomic E-state index is 5.92. The van der Waals surface area contributed by atoms with Gasteiger partial charge in [0.2, 0.25) is 5.89 Å². The first-order valence-electron chi connectivity index (χ1n) is 6.59. The lowest BCUT2D eigenvalue weighted by Crippen LogP contribution is -2.17. The van der Waals surface area contributed by atoms with Gasteiger partial charge < -0.3 is 14.5 Å². The molecule has 2 atom stereocenters. The summed E-state index contributed by atoms with van der Waals surface area (Å²) < 4.78 is 11.4. The summed E-state index contributed by atoms with van der Waals surface area (Å²) in [6, 6.07) is 7.23. The highest BCUT2D eigenvalue weighted by Gasteiger charge is 2.18. The molecule has 108 valence electrons. The Bertz CT molecular complexity index is 559. The van der Waals surface area contributed by atoms with Crippen LogP contribution in [0.2, 0.25) is 5.02 Å². The first-order chi connectivity index (χ1) is 9.60. The van der Waals surface area contributed by atoms with Crippen LogP contribution in [0.3, 0.4) is 0 Å². The lowest BCUT2D eigenvalue weighted by molar-refractivity contribution is 0.184. The number of rotatable bonds is 6. The van der Waals surface area contributed by atoms with Gasteiger partial charge in [0.1, 0.15) is 5.75 Å². The van der Waals surface area contributed by atoms with Crippen molar-refractivity contribution in [3.8, 4) is 5.75 Å². The molecule has 1 aromatic heterocycles. The van der Waals surface area contributed by atoms with Gasteiger partial charge in [-0.2, -0.15) is 0 Å². The Kier molecular flexibility index (Phi) is 4.98. The zero-order valence-electron chi connectivity index (χ0n) is 11.8. The van der Waals surface area contributed by atoms with E-state index in [0.29, 0.717) is 22.6 Å². The molecule has 0 amide bonds. The Morgan fingerprint density at radius 3 is 2.75 bits per heavy atom. The van der Waals surface area contributed by atoms with Crippen LogP contribution < -0.4 is 10.1 Å². The largest absolute Gasteiger partial charge is 0.481 e. The molecular formula is C14H18ClN3O2. The predicted octanol–water partition coefficient (Wildman–Crippen LogP) is 3.53. The van der Waals surface area contributed by atoms with Gasteiger partial charge >= 0.3 is 0 Å². The summed E-state index contributed by atoms with van der Waals surface area (Å²) in [5.41, 5.74) is 0. The number of hydrogen-bond acceptors (Lipinski definition) is 5. The highest BCUT2D eigenvalue weighted by atomic mass is 35.5. The number of nitrogens with one attached hydrogen (secondary N) is 1. The van der Waals surface area contributed by atoms with E-state index in [1.54, 1.807) is 12.1 Å². The Hall–Kier alpha value is -1.59. The maximum Gasteiger partial charge on any atom is 0.256 e. The van der Waals surface area contributed by atoms with Gasteiger partial charge in [-0.05, 0) is 38.6 Å². The van der Waals surface area contributed by atoms with Crippen molar-refractivity contribution < 1.29 is 9.15 Å². The zero-order valence-corrected chi connectivity index (χ0v) is 12.5. The van der Waals surface area contributed by atoms with Crippen LogP contribution >= 0.6 is 11.6 Å². The van der Waals surface area contributed by atoms with E-state index in [9.17, 15) is 0 Å². The Labute approximate surface area is 123 Å². The Morgan fingerprint density at radius 2 is 2.05 bits per heavy atom. The van der Waals surface area contributed by atoms with Crippen molar-refractivity contribution in [1.29, 1.82) is 0 Å². The molecule has 0 radical (unpaired) electrons. The molecule has 0 bridgehead atoms. The van der Waals surface area contributed by atoms with Crippen molar-refractivity contribution in [3.05, 3.63) is 41.1 Å². The van der Waals surface area contributed by atoms with Gasteiger partial charge in [0.05, 0.1) is 6.04 Å². The first kappa shape index (κ1) is 14.8. The van der Waals surface area contributed by atoms with Crippen molar-refractivity contribution in [1.82, 2.24) is 15.5 Å². The van der Waals surface area contributed by atoms with Crippen molar-refractivity contribution in [3.63, 3.8) is 0 Å². The molecule has 2 unspecified atom stereocenters. The fourth-order valence-corrected chi connectivity index (χ4v) is 1.95. The highest BCUT2D eigenvalue weighted by Crippen LogP contribution is 2.24. The summed E-state index contributed by atoms with van der Waals surface area (Å²) in [6.07, 6.45) is -0.330. The van der Waals surface area contributed by atoms with Gasteiger partial charge in [-0.15, -0.1) is 10.2 Å². The van der Waals surface area contributed by atoms with E-state index < -0.39 is 0 Å². The minimum atomic E-state index is -0.330. The highest BCUT2D eigenvalue weighted by molar-refractivity contribution is 6.30. The van der Waals surface area contributed by atoms with Gasteiger partial charge in [0, 0.05) is 5.02 Å². The Balaban J connectivity index is 2.04. The molecule has 1 N–H and O–H groups in total. The van der Waals surface area contributed by atoms with Crippen LogP contribution in [-0.4, -0.2) is 16.7 Å². The van der Waals surface area contributed by atoms with Crippen molar-refractivity contribution >= 4 is 11.6 Å². The van der Waals surface area contributed by atoms with Crippen LogP contribution in [0.1, 0.15) is 44.7 Å². The summed E-state index contributed by atoms with van der Waals surface area (Å²) in [4.78, 5) is 0. The van der Waals surface area contributed by atoms with E-state index in [2.05, 4.69) is 15.5 Å². The number of nitrogens with zero attached hydrogens (tertiary/aromatic N) is 2. The average Bonchev–Trinajstić information content (AvgIpc) is 2.88. The summed E-state index contributed by atoms with van der Waals surface area (Å²) in [5.74, 6) is 1.68. The standard InChI is InChI=1S/C14H18ClN3O2/c1-4-16-9(2)13-17-18-14(20-13)10(3)19-12-7-5-6-11(15)8-12/h5-10,16H,4H2,1-3H3.